The quantitative estimate of drug-likeness (QED) is 0.355. The zero-order valence-electron chi connectivity index (χ0n) is 22.9. The number of benzene rings is 2. The molecular weight excluding hydrogens is 488 g/mol. The molecule has 0 fully saturated rings. The van der Waals surface area contributed by atoms with E-state index in [9.17, 15) is 9.59 Å². The summed E-state index contributed by atoms with van der Waals surface area (Å²) in [5.74, 6) is -0.276. The molecule has 3 heterocycles. The molecule has 202 valence electrons. The molecule has 0 atom stereocenters. The van der Waals surface area contributed by atoms with Gasteiger partial charge < -0.3 is 20.1 Å². The molecule has 4 aromatic rings. The van der Waals surface area contributed by atoms with Gasteiger partial charge in [0.25, 0.3) is 5.91 Å². The predicted molar refractivity (Wildman–Crippen MR) is 155 cm³/mol. The smallest absolute Gasteiger partial charge is 0.269 e. The Balaban J connectivity index is 1.23. The van der Waals surface area contributed by atoms with Crippen LogP contribution in [0.1, 0.15) is 46.6 Å². The van der Waals surface area contributed by atoms with Crippen LogP contribution in [0.2, 0.25) is 0 Å². The van der Waals surface area contributed by atoms with Gasteiger partial charge in [-0.25, -0.2) is 4.68 Å². The largest absolute Gasteiger partial charge is 0.364 e. The van der Waals surface area contributed by atoms with E-state index in [0.717, 1.165) is 54.8 Å². The van der Waals surface area contributed by atoms with Crippen molar-refractivity contribution in [2.45, 2.75) is 32.7 Å². The molecule has 0 spiro atoms. The van der Waals surface area contributed by atoms with Crippen LogP contribution < -0.4 is 5.73 Å². The van der Waals surface area contributed by atoms with Crippen molar-refractivity contribution in [1.82, 2.24) is 24.1 Å². The Morgan fingerprint density at radius 2 is 1.85 bits per heavy atom. The highest BCUT2D eigenvalue weighted by atomic mass is 16.2. The third-order valence-corrected chi connectivity index (χ3v) is 7.37. The SMILES string of the molecule is Cc1cc(C(N)=O)nn1-c1ccc2c(ccn2Cc2ccc(C3=CCN(C(=O)CCCN(C)C)CC3)cc2)c1. The molecule has 0 saturated heterocycles. The molecule has 2 aromatic heterocycles. The number of hydrogen-bond acceptors (Lipinski definition) is 4. The van der Waals surface area contributed by atoms with Gasteiger partial charge in [-0.1, -0.05) is 30.3 Å². The fourth-order valence-electron chi connectivity index (χ4n) is 5.20. The fourth-order valence-corrected chi connectivity index (χ4v) is 5.20. The molecule has 1 aliphatic rings. The number of aryl methyl sites for hydroxylation is 1. The van der Waals surface area contributed by atoms with E-state index in [-0.39, 0.29) is 11.6 Å². The summed E-state index contributed by atoms with van der Waals surface area (Å²) in [6.07, 6.45) is 6.71. The number of hydrogen-bond donors (Lipinski definition) is 1. The summed E-state index contributed by atoms with van der Waals surface area (Å²) in [5.41, 5.74) is 12.3. The number of amides is 2. The summed E-state index contributed by atoms with van der Waals surface area (Å²) in [5, 5.41) is 5.45. The van der Waals surface area contributed by atoms with Crippen molar-refractivity contribution < 1.29 is 9.59 Å². The van der Waals surface area contributed by atoms with Gasteiger partial charge >= 0.3 is 0 Å². The zero-order valence-corrected chi connectivity index (χ0v) is 22.9. The number of primary amides is 1. The van der Waals surface area contributed by atoms with Crippen molar-refractivity contribution in [3.05, 3.63) is 89.4 Å². The van der Waals surface area contributed by atoms with E-state index < -0.39 is 5.91 Å². The molecule has 1 aliphatic heterocycles. The lowest BCUT2D eigenvalue weighted by molar-refractivity contribution is -0.130. The van der Waals surface area contributed by atoms with Gasteiger partial charge in [0, 0.05) is 48.8 Å². The minimum Gasteiger partial charge on any atom is -0.364 e. The van der Waals surface area contributed by atoms with Gasteiger partial charge in [0.1, 0.15) is 0 Å². The van der Waals surface area contributed by atoms with Crippen LogP contribution in [0.15, 0.2) is 66.9 Å². The fraction of sp³-hybridized carbons (Fsp3) is 0.323. The monoisotopic (exact) mass is 524 g/mol. The Hall–Kier alpha value is -4.17. The summed E-state index contributed by atoms with van der Waals surface area (Å²) in [6.45, 7) is 5.09. The van der Waals surface area contributed by atoms with Crippen LogP contribution >= 0.6 is 0 Å². The second-order valence-corrected chi connectivity index (χ2v) is 10.6. The first-order valence-corrected chi connectivity index (χ1v) is 13.4. The van der Waals surface area contributed by atoms with Gasteiger partial charge in [-0.3, -0.25) is 9.59 Å². The number of nitrogens with two attached hydrogens (primary N) is 1. The average Bonchev–Trinajstić information content (AvgIpc) is 3.52. The summed E-state index contributed by atoms with van der Waals surface area (Å²) < 4.78 is 3.98. The second-order valence-electron chi connectivity index (χ2n) is 10.6. The van der Waals surface area contributed by atoms with Crippen LogP contribution in [0, 0.1) is 6.92 Å². The molecule has 5 rings (SSSR count). The Labute approximate surface area is 229 Å². The molecule has 0 radical (unpaired) electrons. The lowest BCUT2D eigenvalue weighted by atomic mass is 9.98. The van der Waals surface area contributed by atoms with Crippen molar-refractivity contribution in [2.24, 2.45) is 5.73 Å². The molecule has 8 nitrogen and oxygen atoms in total. The van der Waals surface area contributed by atoms with Crippen molar-refractivity contribution in [3.63, 3.8) is 0 Å². The Morgan fingerprint density at radius 1 is 1.05 bits per heavy atom. The summed E-state index contributed by atoms with van der Waals surface area (Å²) in [6, 6.07) is 18.7. The Kier molecular flexibility index (Phi) is 7.65. The van der Waals surface area contributed by atoms with Gasteiger partial charge in [0.2, 0.25) is 5.91 Å². The van der Waals surface area contributed by atoms with Crippen LogP contribution in [-0.2, 0) is 11.3 Å². The molecule has 39 heavy (non-hydrogen) atoms. The Morgan fingerprint density at radius 3 is 2.51 bits per heavy atom. The van der Waals surface area contributed by atoms with E-state index in [4.69, 9.17) is 5.73 Å². The normalized spacial score (nSPS) is 13.7. The van der Waals surface area contributed by atoms with E-state index in [1.54, 1.807) is 10.7 Å². The van der Waals surface area contributed by atoms with Crippen LogP contribution in [0.25, 0.3) is 22.2 Å². The minimum absolute atomic E-state index is 0.253. The predicted octanol–water partition coefficient (Wildman–Crippen LogP) is 4.24. The maximum atomic E-state index is 12.5. The molecule has 0 unspecified atom stereocenters. The highest BCUT2D eigenvalue weighted by Gasteiger charge is 2.18. The summed E-state index contributed by atoms with van der Waals surface area (Å²) in [7, 11) is 4.07. The van der Waals surface area contributed by atoms with Crippen LogP contribution in [-0.4, -0.2) is 69.7 Å². The number of aromatic nitrogens is 3. The first-order valence-electron chi connectivity index (χ1n) is 13.4. The summed E-state index contributed by atoms with van der Waals surface area (Å²) in [4.78, 5) is 28.1. The van der Waals surface area contributed by atoms with Gasteiger partial charge in [-0.2, -0.15) is 5.10 Å². The maximum absolute atomic E-state index is 12.5. The van der Waals surface area contributed by atoms with Gasteiger partial charge in [-0.05, 0) is 87.4 Å². The molecule has 0 saturated carbocycles. The average molecular weight is 525 g/mol. The highest BCUT2D eigenvalue weighted by Crippen LogP contribution is 2.25. The molecule has 2 N–H and O–H groups in total. The number of carbonyl (C=O) groups is 2. The van der Waals surface area contributed by atoms with Crippen molar-refractivity contribution >= 4 is 28.3 Å². The van der Waals surface area contributed by atoms with Gasteiger partial charge in [0.15, 0.2) is 5.69 Å². The standard InChI is InChI=1S/C31H36N6O2/c1-22-19-28(31(32)39)33-37(22)27-10-11-29-26(20-27)14-18-36(29)21-23-6-8-24(9-7-23)25-12-16-35(17-13-25)30(38)5-4-15-34(2)3/h6-12,14,18-20H,4-5,13,15-17,21H2,1-3H3,(H2,32,39). The third kappa shape index (κ3) is 5.96. The molecule has 8 heteroatoms. The van der Waals surface area contributed by atoms with Crippen LogP contribution in [0.5, 0.6) is 0 Å². The zero-order chi connectivity index (χ0) is 27.5. The molecule has 2 aromatic carbocycles. The van der Waals surface area contributed by atoms with E-state index in [0.29, 0.717) is 13.0 Å². The second kappa shape index (κ2) is 11.3. The minimum atomic E-state index is -0.530. The molecule has 2 amide bonds. The van der Waals surface area contributed by atoms with Gasteiger partial charge in [0.05, 0.1) is 5.69 Å². The third-order valence-electron chi connectivity index (χ3n) is 7.37. The number of rotatable bonds is 9. The van der Waals surface area contributed by atoms with Crippen molar-refractivity contribution in [2.75, 3.05) is 33.7 Å². The van der Waals surface area contributed by atoms with E-state index in [1.807, 2.05) is 32.0 Å². The molecular formula is C31H36N6O2. The number of nitrogens with zero attached hydrogens (tertiary/aromatic N) is 5. The van der Waals surface area contributed by atoms with E-state index in [2.05, 4.69) is 69.3 Å². The van der Waals surface area contributed by atoms with Gasteiger partial charge in [-0.15, -0.1) is 0 Å². The topological polar surface area (TPSA) is 89.4 Å². The lowest BCUT2D eigenvalue weighted by Gasteiger charge is -2.27. The number of fused-ring (bicyclic) bond motifs is 1. The first-order chi connectivity index (χ1) is 18.8. The Bertz CT molecular complexity index is 1530. The van der Waals surface area contributed by atoms with E-state index in [1.165, 1.54) is 16.7 Å². The highest BCUT2D eigenvalue weighted by molar-refractivity contribution is 5.91. The van der Waals surface area contributed by atoms with E-state index >= 15 is 0 Å². The van der Waals surface area contributed by atoms with Crippen molar-refractivity contribution in [3.8, 4) is 5.69 Å². The first kappa shape index (κ1) is 26.4. The number of carbonyl (C=O) groups excluding carboxylic acids is 2. The lowest BCUT2D eigenvalue weighted by Crippen LogP contribution is -2.34. The molecule has 0 aliphatic carbocycles. The van der Waals surface area contributed by atoms with Crippen LogP contribution in [0.3, 0.4) is 0 Å². The van der Waals surface area contributed by atoms with Crippen molar-refractivity contribution in [1.29, 1.82) is 0 Å². The molecule has 0 bridgehead atoms. The summed E-state index contributed by atoms with van der Waals surface area (Å²) >= 11 is 0. The maximum Gasteiger partial charge on any atom is 0.269 e. The van der Waals surface area contributed by atoms with Crippen LogP contribution in [0.4, 0.5) is 0 Å².